The third kappa shape index (κ3) is 3.83. The molecule has 0 spiro atoms. The maximum Gasteiger partial charge on any atom is 0.240 e. The van der Waals surface area contributed by atoms with Gasteiger partial charge in [0.05, 0.1) is 10.9 Å². The monoisotopic (exact) mass is 344 g/mol. The third-order valence-electron chi connectivity index (χ3n) is 4.17. The van der Waals surface area contributed by atoms with Crippen LogP contribution in [0, 0.1) is 0 Å². The number of fused-ring (bicyclic) bond motifs is 1. The molecule has 6 heteroatoms. The van der Waals surface area contributed by atoms with E-state index in [0.717, 1.165) is 18.4 Å². The molecule has 1 unspecified atom stereocenters. The van der Waals surface area contributed by atoms with Gasteiger partial charge in [-0.3, -0.25) is 4.79 Å². The van der Waals surface area contributed by atoms with Crippen molar-refractivity contribution in [3.63, 3.8) is 0 Å². The summed E-state index contributed by atoms with van der Waals surface area (Å²) >= 11 is 0. The maximum absolute atomic E-state index is 12.1. The van der Waals surface area contributed by atoms with Crippen molar-refractivity contribution in [3.8, 4) is 0 Å². The van der Waals surface area contributed by atoms with Gasteiger partial charge in [0.25, 0.3) is 0 Å². The lowest BCUT2D eigenvalue weighted by Gasteiger charge is -2.14. The number of carbonyl (C=O) groups is 1. The van der Waals surface area contributed by atoms with Gasteiger partial charge in [0.1, 0.15) is 0 Å². The number of hydrogen-bond donors (Lipinski definition) is 2. The largest absolute Gasteiger partial charge is 0.349 e. The number of hydrogen-bond acceptors (Lipinski definition) is 3. The van der Waals surface area contributed by atoms with E-state index in [4.69, 9.17) is 0 Å². The average molecular weight is 344 g/mol. The normalized spacial score (nSPS) is 16.6. The van der Waals surface area contributed by atoms with E-state index in [1.54, 1.807) is 18.2 Å². The van der Waals surface area contributed by atoms with Gasteiger partial charge in [-0.1, -0.05) is 42.5 Å². The van der Waals surface area contributed by atoms with Gasteiger partial charge in [0.15, 0.2) is 0 Å². The van der Waals surface area contributed by atoms with E-state index in [1.807, 2.05) is 18.2 Å². The standard InChI is InChI=1S/C18H20N2O3S/c21-18(20-17-11-10-14-6-4-5-9-16(14)17)12-13-19-24(22,23)15-7-2-1-3-8-15/h1-9,17,19H,10-13H2,(H,20,21). The number of carbonyl (C=O) groups excluding carboxylic acids is 1. The van der Waals surface area contributed by atoms with E-state index in [1.165, 1.54) is 17.7 Å². The lowest BCUT2D eigenvalue weighted by molar-refractivity contribution is -0.121. The molecule has 2 aromatic rings. The van der Waals surface area contributed by atoms with Gasteiger partial charge in [-0.2, -0.15) is 0 Å². The van der Waals surface area contributed by atoms with Crippen molar-refractivity contribution < 1.29 is 13.2 Å². The first-order chi connectivity index (χ1) is 11.6. The molecule has 2 aromatic carbocycles. The fourth-order valence-electron chi connectivity index (χ4n) is 2.96. The van der Waals surface area contributed by atoms with Crippen LogP contribution >= 0.6 is 0 Å². The summed E-state index contributed by atoms with van der Waals surface area (Å²) < 4.78 is 26.6. The molecule has 1 atom stereocenters. The molecule has 2 N–H and O–H groups in total. The highest BCUT2D eigenvalue weighted by molar-refractivity contribution is 7.89. The minimum Gasteiger partial charge on any atom is -0.349 e. The first-order valence-corrected chi connectivity index (χ1v) is 9.46. The van der Waals surface area contributed by atoms with E-state index in [9.17, 15) is 13.2 Å². The summed E-state index contributed by atoms with van der Waals surface area (Å²) in [7, 11) is -3.56. The highest BCUT2D eigenvalue weighted by atomic mass is 32.2. The van der Waals surface area contributed by atoms with Crippen LogP contribution in [0.1, 0.15) is 30.0 Å². The average Bonchev–Trinajstić information content (AvgIpc) is 2.99. The summed E-state index contributed by atoms with van der Waals surface area (Å²) in [6.45, 7) is 0.0808. The predicted octanol–water partition coefficient (Wildman–Crippen LogP) is 2.16. The molecule has 0 saturated heterocycles. The second-order valence-electron chi connectivity index (χ2n) is 5.82. The highest BCUT2D eigenvalue weighted by Crippen LogP contribution is 2.30. The van der Waals surface area contributed by atoms with Crippen molar-refractivity contribution in [1.82, 2.24) is 10.0 Å². The highest BCUT2D eigenvalue weighted by Gasteiger charge is 2.23. The van der Waals surface area contributed by atoms with Crippen LogP contribution in [-0.2, 0) is 21.2 Å². The molecular formula is C18H20N2O3S. The molecule has 0 aromatic heterocycles. The van der Waals surface area contributed by atoms with Crippen molar-refractivity contribution in [2.45, 2.75) is 30.2 Å². The minimum atomic E-state index is -3.56. The Morgan fingerprint density at radius 2 is 1.75 bits per heavy atom. The van der Waals surface area contributed by atoms with Crippen LogP contribution in [0.2, 0.25) is 0 Å². The smallest absolute Gasteiger partial charge is 0.240 e. The second kappa shape index (κ2) is 7.15. The molecule has 0 aliphatic heterocycles. The molecule has 3 rings (SSSR count). The van der Waals surface area contributed by atoms with Crippen LogP contribution < -0.4 is 10.0 Å². The lowest BCUT2D eigenvalue weighted by atomic mass is 10.1. The van der Waals surface area contributed by atoms with Crippen molar-refractivity contribution in [3.05, 3.63) is 65.7 Å². The summed E-state index contributed by atoms with van der Waals surface area (Å²) in [6.07, 6.45) is 1.97. The lowest BCUT2D eigenvalue weighted by Crippen LogP contribution is -2.32. The number of nitrogens with one attached hydrogen (secondary N) is 2. The molecule has 24 heavy (non-hydrogen) atoms. The third-order valence-corrected chi connectivity index (χ3v) is 5.64. The fourth-order valence-corrected chi connectivity index (χ4v) is 4.01. The van der Waals surface area contributed by atoms with Crippen LogP contribution in [-0.4, -0.2) is 20.9 Å². The molecule has 5 nitrogen and oxygen atoms in total. The first kappa shape index (κ1) is 16.7. The summed E-state index contributed by atoms with van der Waals surface area (Å²) in [6, 6.07) is 16.2. The SMILES string of the molecule is O=C(CCNS(=O)(=O)c1ccccc1)NC1CCc2ccccc21. The number of amides is 1. The summed E-state index contributed by atoms with van der Waals surface area (Å²) in [5, 5.41) is 2.99. The molecule has 0 fully saturated rings. The number of benzene rings is 2. The Balaban J connectivity index is 1.50. The van der Waals surface area contributed by atoms with Crippen LogP contribution in [0.3, 0.4) is 0 Å². The van der Waals surface area contributed by atoms with Gasteiger partial charge in [-0.15, -0.1) is 0 Å². The molecule has 0 bridgehead atoms. The van der Waals surface area contributed by atoms with E-state index in [0.29, 0.717) is 0 Å². The maximum atomic E-state index is 12.1. The molecule has 1 amide bonds. The summed E-state index contributed by atoms with van der Waals surface area (Å²) in [4.78, 5) is 12.3. The van der Waals surface area contributed by atoms with Crippen molar-refractivity contribution in [1.29, 1.82) is 0 Å². The molecule has 0 heterocycles. The second-order valence-corrected chi connectivity index (χ2v) is 7.59. The molecule has 1 aliphatic carbocycles. The van der Waals surface area contributed by atoms with Crippen LogP contribution in [0.25, 0.3) is 0 Å². The molecule has 126 valence electrons. The molecule has 0 radical (unpaired) electrons. The Hall–Kier alpha value is -2.18. The molecule has 1 aliphatic rings. The fraction of sp³-hybridized carbons (Fsp3) is 0.278. The Labute approximate surface area is 142 Å². The Kier molecular flexibility index (Phi) is 4.97. The Morgan fingerprint density at radius 1 is 1.04 bits per heavy atom. The van der Waals surface area contributed by atoms with Crippen LogP contribution in [0.4, 0.5) is 0 Å². The summed E-state index contributed by atoms with van der Waals surface area (Å²) in [5.41, 5.74) is 2.43. The van der Waals surface area contributed by atoms with Gasteiger partial charge in [0.2, 0.25) is 15.9 Å². The van der Waals surface area contributed by atoms with Crippen molar-refractivity contribution in [2.24, 2.45) is 0 Å². The van der Waals surface area contributed by atoms with Gasteiger partial charge in [-0.25, -0.2) is 13.1 Å². The van der Waals surface area contributed by atoms with Crippen molar-refractivity contribution in [2.75, 3.05) is 6.54 Å². The van der Waals surface area contributed by atoms with Gasteiger partial charge in [0, 0.05) is 13.0 Å². The van der Waals surface area contributed by atoms with Crippen LogP contribution in [0.5, 0.6) is 0 Å². The number of sulfonamides is 1. The van der Waals surface area contributed by atoms with E-state index >= 15 is 0 Å². The Morgan fingerprint density at radius 3 is 2.54 bits per heavy atom. The predicted molar refractivity (Wildman–Crippen MR) is 91.9 cm³/mol. The van der Waals surface area contributed by atoms with E-state index in [2.05, 4.69) is 16.1 Å². The first-order valence-electron chi connectivity index (χ1n) is 7.98. The zero-order valence-corrected chi connectivity index (χ0v) is 14.1. The quantitative estimate of drug-likeness (QED) is 0.843. The topological polar surface area (TPSA) is 75.3 Å². The zero-order chi connectivity index (χ0) is 17.0. The Bertz CT molecular complexity index is 819. The van der Waals surface area contributed by atoms with Gasteiger partial charge < -0.3 is 5.32 Å². The van der Waals surface area contributed by atoms with Crippen molar-refractivity contribution >= 4 is 15.9 Å². The molecular weight excluding hydrogens is 324 g/mol. The number of aryl methyl sites for hydroxylation is 1. The van der Waals surface area contributed by atoms with Gasteiger partial charge >= 0.3 is 0 Å². The van der Waals surface area contributed by atoms with E-state index in [-0.39, 0.29) is 29.8 Å². The summed E-state index contributed by atoms with van der Waals surface area (Å²) in [5.74, 6) is -0.146. The number of rotatable bonds is 6. The van der Waals surface area contributed by atoms with Crippen LogP contribution in [0.15, 0.2) is 59.5 Å². The molecule has 0 saturated carbocycles. The van der Waals surface area contributed by atoms with E-state index < -0.39 is 10.0 Å². The zero-order valence-electron chi connectivity index (χ0n) is 13.2. The minimum absolute atomic E-state index is 0.0273. The van der Waals surface area contributed by atoms with Gasteiger partial charge in [-0.05, 0) is 36.1 Å².